The van der Waals surface area contributed by atoms with E-state index in [1.54, 1.807) is 11.3 Å². The molecule has 4 N–H and O–H groups in total. The second-order valence-electron chi connectivity index (χ2n) is 3.98. The molecular formula is C11H18BrN3OS. The van der Waals surface area contributed by atoms with Crippen molar-refractivity contribution in [1.82, 2.24) is 4.90 Å². The first-order valence-electron chi connectivity index (χ1n) is 5.48. The van der Waals surface area contributed by atoms with Crippen LogP contribution in [0.2, 0.25) is 0 Å². The molecule has 2 atom stereocenters. The molecule has 2 unspecified atom stereocenters. The fourth-order valence-corrected chi connectivity index (χ4v) is 3.54. The van der Waals surface area contributed by atoms with Crippen LogP contribution in [0.3, 0.4) is 0 Å². The molecule has 1 amide bonds. The van der Waals surface area contributed by atoms with E-state index in [0.29, 0.717) is 0 Å². The molecule has 0 aromatic carbocycles. The quantitative estimate of drug-likeness (QED) is 0.838. The number of nitrogens with two attached hydrogens (primary N) is 2. The largest absolute Gasteiger partial charge is 0.369 e. The summed E-state index contributed by atoms with van der Waals surface area (Å²) < 4.78 is 1.06. The lowest BCUT2D eigenvalue weighted by atomic mass is 10.1. The summed E-state index contributed by atoms with van der Waals surface area (Å²) in [5, 5.41) is 0. The second kappa shape index (κ2) is 6.49. The van der Waals surface area contributed by atoms with Crippen molar-refractivity contribution < 1.29 is 4.79 Å². The molecule has 0 aliphatic heterocycles. The van der Waals surface area contributed by atoms with Gasteiger partial charge < -0.3 is 11.5 Å². The maximum absolute atomic E-state index is 11.1. The Morgan fingerprint density at radius 3 is 2.59 bits per heavy atom. The molecule has 0 saturated carbocycles. The van der Waals surface area contributed by atoms with E-state index in [9.17, 15) is 4.79 Å². The number of halogens is 1. The van der Waals surface area contributed by atoms with Gasteiger partial charge >= 0.3 is 0 Å². The summed E-state index contributed by atoms with van der Waals surface area (Å²) in [6.07, 6.45) is 0. The van der Waals surface area contributed by atoms with E-state index < -0.39 is 0 Å². The number of primary amides is 1. The van der Waals surface area contributed by atoms with Crippen molar-refractivity contribution in [2.24, 2.45) is 11.5 Å². The summed E-state index contributed by atoms with van der Waals surface area (Å²) in [6.45, 7) is 4.92. The van der Waals surface area contributed by atoms with E-state index in [1.807, 2.05) is 30.9 Å². The van der Waals surface area contributed by atoms with Gasteiger partial charge in [0.15, 0.2) is 0 Å². The number of thiophene rings is 1. The van der Waals surface area contributed by atoms with E-state index >= 15 is 0 Å². The Balaban J connectivity index is 2.94. The summed E-state index contributed by atoms with van der Waals surface area (Å²) in [6, 6.07) is 4.00. The summed E-state index contributed by atoms with van der Waals surface area (Å²) in [4.78, 5) is 14.2. The van der Waals surface area contributed by atoms with Crippen molar-refractivity contribution in [1.29, 1.82) is 0 Å². The molecule has 4 nitrogen and oxygen atoms in total. The minimum absolute atomic E-state index is 0.0313. The summed E-state index contributed by atoms with van der Waals surface area (Å²) in [5.41, 5.74) is 11.3. The summed E-state index contributed by atoms with van der Waals surface area (Å²) in [7, 11) is 0. The molecule has 1 rings (SSSR count). The molecule has 0 aliphatic carbocycles. The minimum Gasteiger partial charge on any atom is -0.369 e. The van der Waals surface area contributed by atoms with Crippen molar-refractivity contribution in [3.63, 3.8) is 0 Å². The first kappa shape index (κ1) is 14.6. The van der Waals surface area contributed by atoms with Gasteiger partial charge in [0.25, 0.3) is 0 Å². The lowest BCUT2D eigenvalue weighted by Crippen LogP contribution is -2.43. The third-order valence-electron chi connectivity index (χ3n) is 2.54. The standard InChI is InChI=1S/C11H18BrN3OS/c1-3-15(6-10(14)16)11(7(2)13)8-4-5-9(12)17-8/h4-5,7,11H,3,6,13H2,1-2H3,(H2,14,16). The number of carbonyl (C=O) groups excluding carboxylic acids is 1. The molecule has 96 valence electrons. The van der Waals surface area contributed by atoms with Crippen LogP contribution in [-0.4, -0.2) is 29.9 Å². The van der Waals surface area contributed by atoms with E-state index in [-0.39, 0.29) is 24.5 Å². The summed E-state index contributed by atoms with van der Waals surface area (Å²) in [5.74, 6) is -0.326. The van der Waals surface area contributed by atoms with Crippen LogP contribution in [0.5, 0.6) is 0 Å². The van der Waals surface area contributed by atoms with Crippen LogP contribution in [0, 0.1) is 0 Å². The SMILES string of the molecule is CCN(CC(N)=O)C(c1ccc(Br)s1)C(C)N. The molecular weight excluding hydrogens is 302 g/mol. The zero-order valence-electron chi connectivity index (χ0n) is 10.0. The second-order valence-corrected chi connectivity index (χ2v) is 6.47. The van der Waals surface area contributed by atoms with Gasteiger partial charge in [-0.2, -0.15) is 0 Å². The third kappa shape index (κ3) is 4.06. The van der Waals surface area contributed by atoms with Crippen LogP contribution in [0.25, 0.3) is 0 Å². The monoisotopic (exact) mass is 319 g/mol. The molecule has 0 spiro atoms. The lowest BCUT2D eigenvalue weighted by Gasteiger charge is -2.31. The van der Waals surface area contributed by atoms with E-state index in [2.05, 4.69) is 15.9 Å². The van der Waals surface area contributed by atoms with Gasteiger partial charge in [0.05, 0.1) is 16.4 Å². The van der Waals surface area contributed by atoms with Gasteiger partial charge in [0.1, 0.15) is 0 Å². The van der Waals surface area contributed by atoms with Gasteiger partial charge in [-0.1, -0.05) is 6.92 Å². The number of carbonyl (C=O) groups is 1. The molecule has 0 aliphatic rings. The van der Waals surface area contributed by atoms with E-state index in [1.165, 1.54) is 0 Å². The predicted octanol–water partition coefficient (Wildman–Crippen LogP) is 1.71. The fraction of sp³-hybridized carbons (Fsp3) is 0.545. The molecule has 6 heteroatoms. The number of hydrogen-bond acceptors (Lipinski definition) is 4. The van der Waals surface area contributed by atoms with Gasteiger partial charge in [0.2, 0.25) is 5.91 Å². The molecule has 0 fully saturated rings. The first-order chi connectivity index (χ1) is 7.95. The Morgan fingerprint density at radius 2 is 2.24 bits per heavy atom. The Kier molecular flexibility index (Phi) is 5.58. The fourth-order valence-electron chi connectivity index (χ4n) is 1.87. The highest BCUT2D eigenvalue weighted by atomic mass is 79.9. The maximum Gasteiger partial charge on any atom is 0.231 e. The average Bonchev–Trinajstić information content (AvgIpc) is 2.62. The van der Waals surface area contributed by atoms with Gasteiger partial charge in [0, 0.05) is 10.9 Å². The van der Waals surface area contributed by atoms with Gasteiger partial charge in [-0.05, 0) is 41.5 Å². The molecule has 0 bridgehead atoms. The third-order valence-corrected chi connectivity index (χ3v) is 4.24. The Bertz CT molecular complexity index is 381. The number of rotatable bonds is 6. The number of nitrogens with zero attached hydrogens (tertiary/aromatic N) is 1. The number of amides is 1. The molecule has 0 radical (unpaired) electrons. The van der Waals surface area contributed by atoms with Gasteiger partial charge in [-0.25, -0.2) is 0 Å². The number of likely N-dealkylation sites (N-methyl/N-ethyl adjacent to an activating group) is 1. The van der Waals surface area contributed by atoms with Gasteiger partial charge in [-0.15, -0.1) is 11.3 Å². The molecule has 1 aromatic heterocycles. The summed E-state index contributed by atoms with van der Waals surface area (Å²) >= 11 is 5.08. The van der Waals surface area contributed by atoms with Crippen molar-refractivity contribution in [3.8, 4) is 0 Å². The Hall–Kier alpha value is -0.430. The topological polar surface area (TPSA) is 72.3 Å². The zero-order valence-corrected chi connectivity index (χ0v) is 12.4. The van der Waals surface area contributed by atoms with Crippen molar-refractivity contribution in [2.45, 2.75) is 25.9 Å². The molecule has 17 heavy (non-hydrogen) atoms. The van der Waals surface area contributed by atoms with Crippen LogP contribution >= 0.6 is 27.3 Å². The Morgan fingerprint density at radius 1 is 1.59 bits per heavy atom. The van der Waals surface area contributed by atoms with Crippen molar-refractivity contribution in [3.05, 3.63) is 20.8 Å². The van der Waals surface area contributed by atoms with Crippen LogP contribution in [0.4, 0.5) is 0 Å². The predicted molar refractivity (Wildman–Crippen MR) is 74.9 cm³/mol. The van der Waals surface area contributed by atoms with Crippen molar-refractivity contribution in [2.75, 3.05) is 13.1 Å². The normalized spacial score (nSPS) is 14.9. The molecule has 1 heterocycles. The Labute approximate surface area is 114 Å². The van der Waals surface area contributed by atoms with Crippen LogP contribution < -0.4 is 11.5 Å². The van der Waals surface area contributed by atoms with Crippen LogP contribution in [-0.2, 0) is 4.79 Å². The van der Waals surface area contributed by atoms with E-state index in [0.717, 1.165) is 15.2 Å². The van der Waals surface area contributed by atoms with E-state index in [4.69, 9.17) is 11.5 Å². The highest BCUT2D eigenvalue weighted by Gasteiger charge is 2.25. The molecule has 0 saturated heterocycles. The molecule has 1 aromatic rings. The smallest absolute Gasteiger partial charge is 0.231 e. The van der Waals surface area contributed by atoms with Crippen LogP contribution in [0.1, 0.15) is 24.8 Å². The lowest BCUT2D eigenvalue weighted by molar-refractivity contribution is -0.119. The highest BCUT2D eigenvalue weighted by Crippen LogP contribution is 2.32. The number of hydrogen-bond donors (Lipinski definition) is 2. The zero-order chi connectivity index (χ0) is 13.0. The highest BCUT2D eigenvalue weighted by molar-refractivity contribution is 9.11. The first-order valence-corrected chi connectivity index (χ1v) is 7.09. The minimum atomic E-state index is -0.326. The van der Waals surface area contributed by atoms with Crippen LogP contribution in [0.15, 0.2) is 15.9 Å². The van der Waals surface area contributed by atoms with Crippen molar-refractivity contribution >= 4 is 33.2 Å². The average molecular weight is 320 g/mol. The maximum atomic E-state index is 11.1. The van der Waals surface area contributed by atoms with Gasteiger partial charge in [-0.3, -0.25) is 9.69 Å².